The van der Waals surface area contributed by atoms with Crippen LogP contribution >= 0.6 is 0 Å². The highest BCUT2D eigenvalue weighted by Gasteiger charge is 2.12. The molecule has 0 aliphatic rings. The van der Waals surface area contributed by atoms with Crippen LogP contribution in [0.1, 0.15) is 21.7 Å². The number of H-pyrrole nitrogens is 1. The molecule has 7 heteroatoms. The minimum atomic E-state index is -1.59. The van der Waals surface area contributed by atoms with E-state index in [2.05, 4.69) is 10.2 Å². The number of benzene rings is 1. The van der Waals surface area contributed by atoms with Gasteiger partial charge in [-0.1, -0.05) is 12.1 Å². The zero-order valence-electron chi connectivity index (χ0n) is 10.7. The molecule has 3 N–H and O–H groups in total. The zero-order valence-corrected chi connectivity index (χ0v) is 10.7. The number of carboxylic acids is 1. The van der Waals surface area contributed by atoms with Gasteiger partial charge in [0.15, 0.2) is 0 Å². The number of ketones is 1. The van der Waals surface area contributed by atoms with Crippen LogP contribution in [0.5, 0.6) is 0 Å². The molecule has 0 saturated carbocycles. The Morgan fingerprint density at radius 3 is 2.71 bits per heavy atom. The van der Waals surface area contributed by atoms with E-state index in [4.69, 9.17) is 10.2 Å². The number of carboxylic acid groups (broad SMARTS) is 1. The summed E-state index contributed by atoms with van der Waals surface area (Å²) in [5.74, 6) is -3.73. The first-order valence-electron chi connectivity index (χ1n) is 5.92. The van der Waals surface area contributed by atoms with Gasteiger partial charge in [-0.2, -0.15) is 5.10 Å². The van der Waals surface area contributed by atoms with Crippen molar-refractivity contribution >= 4 is 11.8 Å². The molecule has 0 atom stereocenters. The molecule has 0 amide bonds. The summed E-state index contributed by atoms with van der Waals surface area (Å²) in [5, 5.41) is 23.8. The number of carbonyl (C=O) groups excluding carboxylic acids is 1. The Morgan fingerprint density at radius 1 is 1.29 bits per heavy atom. The Bertz CT molecular complexity index is 721. The summed E-state index contributed by atoms with van der Waals surface area (Å²) < 4.78 is 13.0. The van der Waals surface area contributed by atoms with E-state index < -0.39 is 17.5 Å². The molecular formula is C14H11FN2O4. The van der Waals surface area contributed by atoms with E-state index in [1.807, 2.05) is 0 Å². The molecule has 2 rings (SSSR count). The molecular weight excluding hydrogens is 279 g/mol. The standard InChI is InChI=1S/C14H11FN2O4/c15-9-3-1-2-8(4-9)5-10-6-11(17-16-10)12(18)7-13(19)14(20)21/h1-4,6-7,19H,5H2,(H,16,17)(H,20,21). The highest BCUT2D eigenvalue weighted by Crippen LogP contribution is 2.11. The maximum atomic E-state index is 13.0. The van der Waals surface area contributed by atoms with Gasteiger partial charge >= 0.3 is 5.97 Å². The molecule has 0 spiro atoms. The SMILES string of the molecule is O=C(O)C(O)=CC(=O)c1cc(Cc2cccc(F)c2)n[nH]1. The molecule has 108 valence electrons. The Balaban J connectivity index is 2.13. The summed E-state index contributed by atoms with van der Waals surface area (Å²) in [7, 11) is 0. The smallest absolute Gasteiger partial charge is 0.371 e. The molecule has 1 heterocycles. The lowest BCUT2D eigenvalue weighted by atomic mass is 10.1. The largest absolute Gasteiger partial charge is 0.502 e. The fourth-order valence-corrected chi connectivity index (χ4v) is 1.70. The van der Waals surface area contributed by atoms with Gasteiger partial charge in [0.25, 0.3) is 0 Å². The van der Waals surface area contributed by atoms with Crippen molar-refractivity contribution in [2.45, 2.75) is 6.42 Å². The number of hydrogen-bond acceptors (Lipinski definition) is 4. The highest BCUT2D eigenvalue weighted by atomic mass is 19.1. The number of aromatic amines is 1. The predicted molar refractivity (Wildman–Crippen MR) is 70.5 cm³/mol. The lowest BCUT2D eigenvalue weighted by Crippen LogP contribution is -2.04. The predicted octanol–water partition coefficient (Wildman–Crippen LogP) is 1.85. The first-order chi connectivity index (χ1) is 9.95. The van der Waals surface area contributed by atoms with Crippen LogP contribution in [0.15, 0.2) is 42.2 Å². The van der Waals surface area contributed by atoms with Crippen molar-refractivity contribution in [3.63, 3.8) is 0 Å². The Kier molecular flexibility index (Phi) is 4.13. The van der Waals surface area contributed by atoms with Crippen molar-refractivity contribution in [1.82, 2.24) is 10.2 Å². The second-order valence-corrected chi connectivity index (χ2v) is 4.28. The fourth-order valence-electron chi connectivity index (χ4n) is 1.70. The maximum Gasteiger partial charge on any atom is 0.371 e. The fraction of sp³-hybridized carbons (Fsp3) is 0.0714. The first kappa shape index (κ1) is 14.4. The minimum absolute atomic E-state index is 0.0363. The molecule has 2 aromatic rings. The topological polar surface area (TPSA) is 103 Å². The van der Waals surface area contributed by atoms with Crippen LogP contribution in [0.2, 0.25) is 0 Å². The molecule has 6 nitrogen and oxygen atoms in total. The number of carbonyl (C=O) groups is 2. The normalized spacial score (nSPS) is 11.4. The van der Waals surface area contributed by atoms with Crippen molar-refractivity contribution in [2.24, 2.45) is 0 Å². The van der Waals surface area contributed by atoms with Crippen molar-refractivity contribution in [2.75, 3.05) is 0 Å². The summed E-state index contributed by atoms with van der Waals surface area (Å²) in [4.78, 5) is 22.1. The molecule has 1 aromatic heterocycles. The van der Waals surface area contributed by atoms with E-state index >= 15 is 0 Å². The molecule has 0 aliphatic heterocycles. The second kappa shape index (κ2) is 6.00. The molecule has 0 unspecified atom stereocenters. The van der Waals surface area contributed by atoms with Gasteiger partial charge in [-0.15, -0.1) is 0 Å². The van der Waals surface area contributed by atoms with E-state index in [0.29, 0.717) is 23.8 Å². The molecule has 0 bridgehead atoms. The van der Waals surface area contributed by atoms with Crippen LogP contribution in [0.3, 0.4) is 0 Å². The van der Waals surface area contributed by atoms with Crippen LogP contribution in [0.4, 0.5) is 4.39 Å². The number of halogens is 1. The lowest BCUT2D eigenvalue weighted by molar-refractivity contribution is -0.135. The van der Waals surface area contributed by atoms with Crippen molar-refractivity contribution < 1.29 is 24.2 Å². The van der Waals surface area contributed by atoms with Crippen molar-refractivity contribution in [3.05, 3.63) is 64.9 Å². The van der Waals surface area contributed by atoms with Crippen LogP contribution < -0.4 is 0 Å². The second-order valence-electron chi connectivity index (χ2n) is 4.28. The van der Waals surface area contributed by atoms with E-state index in [1.165, 1.54) is 18.2 Å². The summed E-state index contributed by atoms with van der Waals surface area (Å²) >= 11 is 0. The summed E-state index contributed by atoms with van der Waals surface area (Å²) in [6, 6.07) is 7.38. The van der Waals surface area contributed by atoms with E-state index in [-0.39, 0.29) is 11.5 Å². The summed E-state index contributed by atoms with van der Waals surface area (Å²) in [6.07, 6.45) is 0.901. The quantitative estimate of drug-likeness (QED) is 0.443. The molecule has 21 heavy (non-hydrogen) atoms. The van der Waals surface area contributed by atoms with Crippen LogP contribution in [0, 0.1) is 5.82 Å². The number of aliphatic carboxylic acids is 1. The number of aromatic nitrogens is 2. The number of aliphatic hydroxyl groups is 1. The van der Waals surface area contributed by atoms with E-state index in [1.54, 1.807) is 12.1 Å². The lowest BCUT2D eigenvalue weighted by Gasteiger charge is -1.97. The Labute approximate surface area is 118 Å². The molecule has 0 radical (unpaired) electrons. The number of allylic oxidation sites excluding steroid dienone is 1. The van der Waals surface area contributed by atoms with Crippen LogP contribution in [-0.4, -0.2) is 32.2 Å². The number of aliphatic hydroxyl groups excluding tert-OH is 1. The van der Waals surface area contributed by atoms with Gasteiger partial charge in [-0.25, -0.2) is 9.18 Å². The highest BCUT2D eigenvalue weighted by molar-refractivity contribution is 6.06. The summed E-state index contributed by atoms with van der Waals surface area (Å²) in [6.45, 7) is 0. The van der Waals surface area contributed by atoms with E-state index in [9.17, 15) is 14.0 Å². The average Bonchev–Trinajstić information content (AvgIpc) is 2.87. The first-order valence-corrected chi connectivity index (χ1v) is 5.92. The van der Waals surface area contributed by atoms with Gasteiger partial charge in [0.05, 0.1) is 5.69 Å². The molecule has 0 saturated heterocycles. The maximum absolute atomic E-state index is 13.0. The minimum Gasteiger partial charge on any atom is -0.502 e. The van der Waals surface area contributed by atoms with Gasteiger partial charge < -0.3 is 10.2 Å². The van der Waals surface area contributed by atoms with Gasteiger partial charge in [-0.3, -0.25) is 9.89 Å². The number of rotatable bonds is 5. The number of nitrogens with zero attached hydrogens (tertiary/aromatic N) is 1. The number of nitrogens with one attached hydrogen (secondary N) is 1. The van der Waals surface area contributed by atoms with Gasteiger partial charge in [0.2, 0.25) is 11.5 Å². The van der Waals surface area contributed by atoms with Crippen molar-refractivity contribution in [3.8, 4) is 0 Å². The van der Waals surface area contributed by atoms with E-state index in [0.717, 1.165) is 0 Å². The van der Waals surface area contributed by atoms with Crippen LogP contribution in [-0.2, 0) is 11.2 Å². The van der Waals surface area contributed by atoms with Gasteiger partial charge in [-0.05, 0) is 23.8 Å². The monoisotopic (exact) mass is 290 g/mol. The molecule has 1 aromatic carbocycles. The van der Waals surface area contributed by atoms with Gasteiger partial charge in [0.1, 0.15) is 11.5 Å². The molecule has 0 fully saturated rings. The third kappa shape index (κ3) is 3.75. The Hall–Kier alpha value is -2.96. The van der Waals surface area contributed by atoms with Crippen LogP contribution in [0.25, 0.3) is 0 Å². The van der Waals surface area contributed by atoms with Gasteiger partial charge in [0, 0.05) is 12.5 Å². The molecule has 0 aliphatic carbocycles. The Morgan fingerprint density at radius 2 is 2.05 bits per heavy atom. The average molecular weight is 290 g/mol. The summed E-state index contributed by atoms with van der Waals surface area (Å²) in [5.41, 5.74) is 1.21. The van der Waals surface area contributed by atoms with Crippen molar-refractivity contribution in [1.29, 1.82) is 0 Å². The third-order valence-corrected chi connectivity index (χ3v) is 2.66. The zero-order chi connectivity index (χ0) is 15.4. The third-order valence-electron chi connectivity index (χ3n) is 2.66. The number of hydrogen-bond donors (Lipinski definition) is 3.